The number of alkyl halides is 1. The molecule has 0 aromatic heterocycles. The molecule has 106 valence electrons. The summed E-state index contributed by atoms with van der Waals surface area (Å²) in [5.41, 5.74) is 1.68. The molecular weight excluding hydrogens is 314 g/mol. The van der Waals surface area contributed by atoms with Gasteiger partial charge in [0, 0.05) is 17.2 Å². The van der Waals surface area contributed by atoms with Crippen molar-refractivity contribution in [2.75, 3.05) is 5.21 Å². The molecule has 7 heteroatoms. The molecule has 5 nitrogen and oxygen atoms in total. The molecule has 21 heavy (non-hydrogen) atoms. The summed E-state index contributed by atoms with van der Waals surface area (Å²) >= 11 is 5.55. The van der Waals surface area contributed by atoms with E-state index in [1.54, 1.807) is 24.3 Å². The highest BCUT2D eigenvalue weighted by molar-refractivity contribution is 7.86. The van der Waals surface area contributed by atoms with E-state index in [1.165, 1.54) is 12.1 Å². The van der Waals surface area contributed by atoms with Crippen molar-refractivity contribution in [3.8, 4) is 11.1 Å². The summed E-state index contributed by atoms with van der Waals surface area (Å²) in [5.74, 6) is -0.257. The first-order chi connectivity index (χ1) is 10.0. The van der Waals surface area contributed by atoms with E-state index in [9.17, 15) is 19.1 Å². The first-order valence-corrected chi connectivity index (χ1v) is 7.81. The Kier molecular flexibility index (Phi) is 3.35. The summed E-state index contributed by atoms with van der Waals surface area (Å²) in [4.78, 5) is 22.8. The van der Waals surface area contributed by atoms with Gasteiger partial charge < -0.3 is 0 Å². The lowest BCUT2D eigenvalue weighted by atomic mass is 10.1. The number of nitro benzene ring substituents is 1. The third-order valence-electron chi connectivity index (χ3n) is 3.35. The molecule has 1 aliphatic carbocycles. The lowest BCUT2D eigenvalue weighted by molar-refractivity contribution is -0.387. The molecule has 0 spiro atoms. The Balaban J connectivity index is 2.32. The van der Waals surface area contributed by atoms with Crippen molar-refractivity contribution in [3.63, 3.8) is 0 Å². The second-order valence-corrected chi connectivity index (χ2v) is 6.46. The Bertz CT molecular complexity index is 819. The van der Waals surface area contributed by atoms with Crippen LogP contribution in [-0.2, 0) is 10.8 Å². The molecule has 0 saturated carbocycles. The van der Waals surface area contributed by atoms with E-state index in [0.717, 1.165) is 0 Å². The molecular formula is C14H8ClNO4S. The minimum atomic E-state index is -1.69. The van der Waals surface area contributed by atoms with Crippen LogP contribution in [0.2, 0.25) is 0 Å². The summed E-state index contributed by atoms with van der Waals surface area (Å²) in [6.07, 6.45) is 0. The molecule has 2 aromatic rings. The van der Waals surface area contributed by atoms with Crippen LogP contribution >= 0.6 is 11.6 Å². The number of halogens is 1. The lowest BCUT2D eigenvalue weighted by Crippen LogP contribution is -2.02. The van der Waals surface area contributed by atoms with Crippen LogP contribution in [0.5, 0.6) is 0 Å². The maximum absolute atomic E-state index is 12.3. The fraction of sp³-hybridized carbons (Fsp3) is 0.0714. The summed E-state index contributed by atoms with van der Waals surface area (Å²) < 4.78 is 11.9. The van der Waals surface area contributed by atoms with Crippen LogP contribution < -0.4 is 0 Å². The van der Waals surface area contributed by atoms with Gasteiger partial charge in [0.25, 0.3) is 5.69 Å². The minimum Gasteiger partial charge on any atom is -0.289 e. The quantitative estimate of drug-likeness (QED) is 0.422. The van der Waals surface area contributed by atoms with Gasteiger partial charge in [-0.15, -0.1) is 11.6 Å². The number of benzene rings is 2. The van der Waals surface area contributed by atoms with E-state index < -0.39 is 15.7 Å². The van der Waals surface area contributed by atoms with E-state index in [2.05, 4.69) is 0 Å². The molecule has 0 aliphatic heterocycles. The number of hydrogen-bond donors (Lipinski definition) is 0. The van der Waals surface area contributed by atoms with Crippen LogP contribution in [0.4, 0.5) is 5.69 Å². The standard InChI is InChI=1S/C14H8ClNO4S/c15-7-21(20)13-6-10-8-3-1-2-4-9(8)14(17)11(10)5-12(13)16(18)19/h1-6H,7H2. The molecule has 3 rings (SSSR count). The molecule has 0 heterocycles. The van der Waals surface area contributed by atoms with Gasteiger partial charge in [-0.25, -0.2) is 0 Å². The van der Waals surface area contributed by atoms with Gasteiger partial charge in [-0.05, 0) is 17.2 Å². The van der Waals surface area contributed by atoms with Crippen LogP contribution in [-0.4, -0.2) is 20.1 Å². The molecule has 1 atom stereocenters. The van der Waals surface area contributed by atoms with Gasteiger partial charge in [0.1, 0.15) is 10.1 Å². The molecule has 0 bridgehead atoms. The lowest BCUT2D eigenvalue weighted by Gasteiger charge is -2.05. The third kappa shape index (κ3) is 2.07. The van der Waals surface area contributed by atoms with E-state index in [4.69, 9.17) is 11.6 Å². The first-order valence-electron chi connectivity index (χ1n) is 5.95. The van der Waals surface area contributed by atoms with Gasteiger partial charge >= 0.3 is 0 Å². The number of hydrogen-bond acceptors (Lipinski definition) is 4. The average Bonchev–Trinajstić information content (AvgIpc) is 2.78. The number of fused-ring (bicyclic) bond motifs is 3. The number of rotatable bonds is 3. The Morgan fingerprint density at radius 2 is 1.76 bits per heavy atom. The largest absolute Gasteiger partial charge is 0.289 e. The highest BCUT2D eigenvalue weighted by atomic mass is 35.5. The van der Waals surface area contributed by atoms with Gasteiger partial charge in [0.2, 0.25) is 0 Å². The zero-order valence-corrected chi connectivity index (χ0v) is 12.1. The summed E-state index contributed by atoms with van der Waals surface area (Å²) in [5, 5.41) is 10.9. The fourth-order valence-electron chi connectivity index (χ4n) is 2.42. The van der Waals surface area contributed by atoms with E-state index in [-0.39, 0.29) is 27.1 Å². The van der Waals surface area contributed by atoms with Crippen molar-refractivity contribution in [1.82, 2.24) is 0 Å². The van der Waals surface area contributed by atoms with Crippen molar-refractivity contribution in [1.29, 1.82) is 0 Å². The summed E-state index contributed by atoms with van der Waals surface area (Å²) in [6.45, 7) is 0. The summed E-state index contributed by atoms with van der Waals surface area (Å²) in [6, 6.07) is 9.57. The normalized spacial score (nSPS) is 13.7. The molecule has 1 unspecified atom stereocenters. The number of ketones is 1. The Morgan fingerprint density at radius 1 is 1.10 bits per heavy atom. The van der Waals surface area contributed by atoms with E-state index >= 15 is 0 Å². The predicted octanol–water partition coefficient (Wildman–Crippen LogP) is 3.11. The van der Waals surface area contributed by atoms with E-state index in [0.29, 0.717) is 16.7 Å². The monoisotopic (exact) mass is 321 g/mol. The van der Waals surface area contributed by atoms with Crippen molar-refractivity contribution >= 4 is 33.9 Å². The number of carbonyl (C=O) groups is 1. The van der Waals surface area contributed by atoms with Crippen LogP contribution in [0.1, 0.15) is 15.9 Å². The number of nitrogens with zero attached hydrogens (tertiary/aromatic N) is 1. The second-order valence-electron chi connectivity index (χ2n) is 4.45. The average molecular weight is 322 g/mol. The van der Waals surface area contributed by atoms with Crippen molar-refractivity contribution in [3.05, 3.63) is 57.6 Å². The maximum atomic E-state index is 12.3. The third-order valence-corrected chi connectivity index (χ3v) is 4.96. The predicted molar refractivity (Wildman–Crippen MR) is 79.1 cm³/mol. The van der Waals surface area contributed by atoms with E-state index in [1.807, 2.05) is 0 Å². The molecule has 0 fully saturated rings. The summed E-state index contributed by atoms with van der Waals surface area (Å²) in [7, 11) is -1.69. The van der Waals surface area contributed by atoms with Gasteiger partial charge in [0.05, 0.1) is 15.7 Å². The van der Waals surface area contributed by atoms with Gasteiger partial charge in [0.15, 0.2) is 5.78 Å². The molecule has 0 radical (unpaired) electrons. The number of carbonyl (C=O) groups excluding carboxylic acids is 1. The van der Waals surface area contributed by atoms with Crippen LogP contribution in [0.3, 0.4) is 0 Å². The van der Waals surface area contributed by atoms with Crippen molar-refractivity contribution < 1.29 is 13.9 Å². The number of nitro groups is 1. The molecule has 1 aliphatic rings. The molecule has 0 N–H and O–H groups in total. The Labute approximate surface area is 127 Å². The second kappa shape index (κ2) is 5.05. The minimum absolute atomic E-state index is 0.0400. The van der Waals surface area contributed by atoms with Gasteiger partial charge in [-0.1, -0.05) is 24.3 Å². The van der Waals surface area contributed by atoms with Crippen LogP contribution in [0.25, 0.3) is 11.1 Å². The molecule has 0 amide bonds. The van der Waals surface area contributed by atoms with Crippen molar-refractivity contribution in [2.45, 2.75) is 4.90 Å². The molecule has 2 aromatic carbocycles. The highest BCUT2D eigenvalue weighted by Crippen LogP contribution is 2.40. The van der Waals surface area contributed by atoms with Crippen LogP contribution in [0.15, 0.2) is 41.3 Å². The van der Waals surface area contributed by atoms with Gasteiger partial charge in [-0.2, -0.15) is 0 Å². The van der Waals surface area contributed by atoms with Crippen LogP contribution in [0, 0.1) is 10.1 Å². The zero-order chi connectivity index (χ0) is 15.1. The SMILES string of the molecule is O=C1c2ccccc2-c2cc(S(=O)CCl)c([N+](=O)[O-])cc21. The van der Waals surface area contributed by atoms with Gasteiger partial charge in [-0.3, -0.25) is 19.1 Å². The Hall–Kier alpha value is -2.05. The highest BCUT2D eigenvalue weighted by Gasteiger charge is 2.31. The fourth-order valence-corrected chi connectivity index (χ4v) is 3.51. The molecule has 0 saturated heterocycles. The zero-order valence-electron chi connectivity index (χ0n) is 10.5. The maximum Gasteiger partial charge on any atom is 0.286 e. The topological polar surface area (TPSA) is 77.3 Å². The van der Waals surface area contributed by atoms with Crippen molar-refractivity contribution in [2.24, 2.45) is 0 Å². The Morgan fingerprint density at radius 3 is 2.38 bits per heavy atom. The first kappa shape index (κ1) is 13.9. The smallest absolute Gasteiger partial charge is 0.286 e.